The van der Waals surface area contributed by atoms with Gasteiger partial charge in [0.25, 0.3) is 0 Å². The van der Waals surface area contributed by atoms with Crippen molar-refractivity contribution in [3.05, 3.63) is 0 Å². The van der Waals surface area contributed by atoms with Gasteiger partial charge in [-0.05, 0) is 44.9 Å². The summed E-state index contributed by atoms with van der Waals surface area (Å²) in [6.07, 6.45) is 3.39. The summed E-state index contributed by atoms with van der Waals surface area (Å²) in [6, 6.07) is 0.281. The molecule has 0 bridgehead atoms. The fourth-order valence-electron chi connectivity index (χ4n) is 3.36. The lowest BCUT2D eigenvalue weighted by atomic mass is 9.91. The van der Waals surface area contributed by atoms with Crippen LogP contribution < -0.4 is 5.32 Å². The van der Waals surface area contributed by atoms with Gasteiger partial charge in [0, 0.05) is 19.3 Å². The summed E-state index contributed by atoms with van der Waals surface area (Å²) < 4.78 is 5.43. The molecule has 0 radical (unpaired) electrons. The first-order valence-corrected chi connectivity index (χ1v) is 7.66. The molecule has 3 atom stereocenters. The van der Waals surface area contributed by atoms with Crippen molar-refractivity contribution in [3.8, 4) is 0 Å². The van der Waals surface area contributed by atoms with Gasteiger partial charge in [0.05, 0.1) is 12.2 Å². The zero-order chi connectivity index (χ0) is 14.0. The van der Waals surface area contributed by atoms with Crippen molar-refractivity contribution in [2.24, 2.45) is 11.8 Å². The van der Waals surface area contributed by atoms with E-state index in [9.17, 15) is 4.79 Å². The number of hydrogen-bond acceptors (Lipinski definition) is 3. The third-order valence-corrected chi connectivity index (χ3v) is 4.48. The molecule has 1 amide bonds. The monoisotopic (exact) mass is 268 g/mol. The first-order chi connectivity index (χ1) is 9.00. The van der Waals surface area contributed by atoms with E-state index in [0.717, 1.165) is 32.5 Å². The molecule has 0 aromatic carbocycles. The van der Waals surface area contributed by atoms with Crippen molar-refractivity contribution < 1.29 is 9.53 Å². The SMILES string of the molecule is CC(C)CC1NC(C)C(=O)N1C(C)C1CCOCC1. The van der Waals surface area contributed by atoms with E-state index in [1.54, 1.807) is 0 Å². The lowest BCUT2D eigenvalue weighted by molar-refractivity contribution is -0.133. The third kappa shape index (κ3) is 3.29. The second-order valence-corrected chi connectivity index (χ2v) is 6.47. The van der Waals surface area contributed by atoms with Gasteiger partial charge >= 0.3 is 0 Å². The van der Waals surface area contributed by atoms with Crippen molar-refractivity contribution in [2.45, 2.75) is 65.2 Å². The highest BCUT2D eigenvalue weighted by Gasteiger charge is 2.41. The van der Waals surface area contributed by atoms with Gasteiger partial charge in [-0.25, -0.2) is 0 Å². The molecular formula is C15H28N2O2. The van der Waals surface area contributed by atoms with Crippen molar-refractivity contribution >= 4 is 5.91 Å². The van der Waals surface area contributed by atoms with Gasteiger partial charge in [-0.15, -0.1) is 0 Å². The zero-order valence-electron chi connectivity index (χ0n) is 12.7. The highest BCUT2D eigenvalue weighted by Crippen LogP contribution is 2.28. The lowest BCUT2D eigenvalue weighted by Gasteiger charge is -2.37. The van der Waals surface area contributed by atoms with Crippen LogP contribution in [0.1, 0.15) is 47.0 Å². The van der Waals surface area contributed by atoms with Crippen LogP contribution in [0.4, 0.5) is 0 Å². The standard InChI is InChI=1S/C15H28N2O2/c1-10(2)9-14-16-11(3)15(18)17(14)12(4)13-5-7-19-8-6-13/h10-14,16H,5-9H2,1-4H3. The van der Waals surface area contributed by atoms with Crippen LogP contribution in [0, 0.1) is 11.8 Å². The van der Waals surface area contributed by atoms with Gasteiger partial charge in [0.15, 0.2) is 0 Å². The number of nitrogens with zero attached hydrogens (tertiary/aromatic N) is 1. The molecule has 2 aliphatic rings. The van der Waals surface area contributed by atoms with E-state index in [-0.39, 0.29) is 18.1 Å². The summed E-state index contributed by atoms with van der Waals surface area (Å²) in [5.41, 5.74) is 0. The molecule has 1 N–H and O–H groups in total. The number of ether oxygens (including phenoxy) is 1. The summed E-state index contributed by atoms with van der Waals surface area (Å²) in [7, 11) is 0. The van der Waals surface area contributed by atoms with E-state index < -0.39 is 0 Å². The number of hydrogen-bond donors (Lipinski definition) is 1. The van der Waals surface area contributed by atoms with Crippen LogP contribution in [-0.2, 0) is 9.53 Å². The van der Waals surface area contributed by atoms with E-state index in [4.69, 9.17) is 4.74 Å². The van der Waals surface area contributed by atoms with Crippen molar-refractivity contribution in [1.29, 1.82) is 0 Å². The number of rotatable bonds is 4. The van der Waals surface area contributed by atoms with Crippen LogP contribution >= 0.6 is 0 Å². The van der Waals surface area contributed by atoms with Gasteiger partial charge < -0.3 is 9.64 Å². The largest absolute Gasteiger partial charge is 0.381 e. The van der Waals surface area contributed by atoms with Crippen LogP contribution in [0.25, 0.3) is 0 Å². The molecule has 0 saturated carbocycles. The molecule has 4 heteroatoms. The number of amides is 1. The fraction of sp³-hybridized carbons (Fsp3) is 0.933. The van der Waals surface area contributed by atoms with Crippen LogP contribution in [0.3, 0.4) is 0 Å². The number of carbonyl (C=O) groups excluding carboxylic acids is 1. The molecule has 0 aliphatic carbocycles. The van der Waals surface area contributed by atoms with Gasteiger partial charge in [-0.3, -0.25) is 10.1 Å². The van der Waals surface area contributed by atoms with Crippen LogP contribution in [-0.4, -0.2) is 42.3 Å². The topological polar surface area (TPSA) is 41.6 Å². The van der Waals surface area contributed by atoms with E-state index in [2.05, 4.69) is 31.0 Å². The maximum absolute atomic E-state index is 12.4. The Hall–Kier alpha value is -0.610. The molecule has 0 aromatic heterocycles. The molecule has 2 aliphatic heterocycles. The Morgan fingerprint density at radius 1 is 1.32 bits per heavy atom. The average Bonchev–Trinajstić information content (AvgIpc) is 2.64. The fourth-order valence-corrected chi connectivity index (χ4v) is 3.36. The van der Waals surface area contributed by atoms with Crippen molar-refractivity contribution in [1.82, 2.24) is 10.2 Å². The van der Waals surface area contributed by atoms with Gasteiger partial charge in [0.1, 0.15) is 0 Å². The summed E-state index contributed by atoms with van der Waals surface area (Å²) in [6.45, 7) is 10.3. The minimum absolute atomic E-state index is 0.0361. The highest BCUT2D eigenvalue weighted by atomic mass is 16.5. The van der Waals surface area contributed by atoms with E-state index in [1.165, 1.54) is 0 Å². The normalized spacial score (nSPS) is 31.2. The Labute approximate surface area is 116 Å². The Morgan fingerprint density at radius 3 is 2.53 bits per heavy atom. The quantitative estimate of drug-likeness (QED) is 0.848. The number of nitrogens with one attached hydrogen (secondary N) is 1. The summed E-state index contributed by atoms with van der Waals surface area (Å²) in [5, 5.41) is 3.45. The summed E-state index contributed by atoms with van der Waals surface area (Å²) >= 11 is 0. The molecule has 3 unspecified atom stereocenters. The Kier molecular flexibility index (Phi) is 4.85. The first-order valence-electron chi connectivity index (χ1n) is 7.66. The van der Waals surface area contributed by atoms with E-state index in [0.29, 0.717) is 17.9 Å². The third-order valence-electron chi connectivity index (χ3n) is 4.48. The van der Waals surface area contributed by atoms with Crippen molar-refractivity contribution in [3.63, 3.8) is 0 Å². The lowest BCUT2D eigenvalue weighted by Crippen LogP contribution is -2.48. The molecule has 2 heterocycles. The summed E-state index contributed by atoms with van der Waals surface area (Å²) in [4.78, 5) is 14.5. The zero-order valence-corrected chi connectivity index (χ0v) is 12.7. The highest BCUT2D eigenvalue weighted by molar-refractivity contribution is 5.84. The van der Waals surface area contributed by atoms with Gasteiger partial charge in [0.2, 0.25) is 5.91 Å². The molecule has 4 nitrogen and oxygen atoms in total. The van der Waals surface area contributed by atoms with E-state index in [1.807, 2.05) is 6.92 Å². The maximum Gasteiger partial charge on any atom is 0.240 e. The second kappa shape index (κ2) is 6.23. The van der Waals surface area contributed by atoms with Gasteiger partial charge in [-0.2, -0.15) is 0 Å². The molecule has 2 fully saturated rings. The molecule has 0 aromatic rings. The minimum atomic E-state index is -0.0361. The summed E-state index contributed by atoms with van der Waals surface area (Å²) in [5.74, 6) is 1.45. The van der Waals surface area contributed by atoms with Crippen molar-refractivity contribution in [2.75, 3.05) is 13.2 Å². The predicted molar refractivity (Wildman–Crippen MR) is 75.7 cm³/mol. The Bertz CT molecular complexity index is 313. The Morgan fingerprint density at radius 2 is 1.95 bits per heavy atom. The predicted octanol–water partition coefficient (Wildman–Crippen LogP) is 1.99. The van der Waals surface area contributed by atoms with E-state index >= 15 is 0 Å². The van der Waals surface area contributed by atoms with Crippen LogP contribution in [0.2, 0.25) is 0 Å². The first kappa shape index (κ1) is 14.8. The molecule has 0 spiro atoms. The molecule has 2 rings (SSSR count). The second-order valence-electron chi connectivity index (χ2n) is 6.47. The van der Waals surface area contributed by atoms with Gasteiger partial charge in [-0.1, -0.05) is 13.8 Å². The number of carbonyl (C=O) groups is 1. The minimum Gasteiger partial charge on any atom is -0.381 e. The van der Waals surface area contributed by atoms with Crippen LogP contribution in [0.5, 0.6) is 0 Å². The molecule has 19 heavy (non-hydrogen) atoms. The molecule has 2 saturated heterocycles. The Balaban J connectivity index is 2.06. The maximum atomic E-state index is 12.4. The van der Waals surface area contributed by atoms with Crippen LogP contribution in [0.15, 0.2) is 0 Å². The average molecular weight is 268 g/mol. The molecular weight excluding hydrogens is 240 g/mol. The smallest absolute Gasteiger partial charge is 0.240 e. The molecule has 110 valence electrons.